The van der Waals surface area contributed by atoms with Crippen molar-refractivity contribution in [2.24, 2.45) is 11.7 Å². The normalized spacial score (nSPS) is 21.0. The van der Waals surface area contributed by atoms with E-state index < -0.39 is 0 Å². The minimum atomic E-state index is -0.275. The molecule has 2 aromatic heterocycles. The van der Waals surface area contributed by atoms with Crippen molar-refractivity contribution in [3.8, 4) is 0 Å². The lowest BCUT2D eigenvalue weighted by Gasteiger charge is -2.42. The summed E-state index contributed by atoms with van der Waals surface area (Å²) in [6.45, 7) is 13.6. The maximum absolute atomic E-state index is 11.5. The van der Waals surface area contributed by atoms with Gasteiger partial charge in [-0.2, -0.15) is 9.97 Å². The van der Waals surface area contributed by atoms with Gasteiger partial charge in [0.05, 0.1) is 26.3 Å². The van der Waals surface area contributed by atoms with Gasteiger partial charge in [0.15, 0.2) is 17.0 Å². The van der Waals surface area contributed by atoms with Crippen molar-refractivity contribution in [3.05, 3.63) is 11.1 Å². The first-order valence-corrected chi connectivity index (χ1v) is 11.7. The van der Waals surface area contributed by atoms with Crippen LogP contribution in [-0.4, -0.2) is 93.8 Å². The van der Waals surface area contributed by atoms with Crippen molar-refractivity contribution in [2.75, 3.05) is 57.4 Å². The molecule has 2 aliphatic heterocycles. The first-order valence-electron chi connectivity index (χ1n) is 11.4. The zero-order valence-electron chi connectivity index (χ0n) is 19.1. The smallest absolute Gasteiger partial charge is 0.231 e. The average Bonchev–Trinajstić information content (AvgIpc) is 3.11. The van der Waals surface area contributed by atoms with Crippen LogP contribution in [0.4, 0.5) is 5.82 Å². The fourth-order valence-corrected chi connectivity index (χ4v) is 4.89. The maximum atomic E-state index is 11.5. The van der Waals surface area contributed by atoms with Gasteiger partial charge in [-0.15, -0.1) is 0 Å². The number of halogens is 1. The van der Waals surface area contributed by atoms with E-state index in [1.807, 2.05) is 0 Å². The number of hydrogen-bond donors (Lipinski definition) is 1. The highest BCUT2D eigenvalue weighted by Crippen LogP contribution is 2.28. The number of fused-ring (bicyclic) bond motifs is 1. The van der Waals surface area contributed by atoms with Crippen LogP contribution >= 0.6 is 11.6 Å². The van der Waals surface area contributed by atoms with Crippen molar-refractivity contribution in [1.82, 2.24) is 29.3 Å². The van der Waals surface area contributed by atoms with E-state index in [-0.39, 0.29) is 17.2 Å². The third kappa shape index (κ3) is 4.83. The molecule has 0 bridgehead atoms. The van der Waals surface area contributed by atoms with Gasteiger partial charge in [-0.05, 0) is 24.4 Å². The van der Waals surface area contributed by atoms with Crippen LogP contribution in [-0.2, 0) is 22.6 Å². The molecule has 176 valence electrons. The summed E-state index contributed by atoms with van der Waals surface area (Å²) in [5, 5.41) is 0.236. The number of primary amides is 1. The van der Waals surface area contributed by atoms with Crippen molar-refractivity contribution < 1.29 is 9.53 Å². The number of carbonyl (C=O) groups is 1. The van der Waals surface area contributed by atoms with Crippen molar-refractivity contribution in [1.29, 1.82) is 0 Å². The molecular formula is C21H33ClN8O2. The molecule has 11 heteroatoms. The molecule has 0 radical (unpaired) electrons. The minimum Gasteiger partial charge on any atom is -0.378 e. The fourth-order valence-electron chi connectivity index (χ4n) is 4.73. The fraction of sp³-hybridized carbons (Fsp3) is 0.714. The molecule has 4 rings (SSSR count). The summed E-state index contributed by atoms with van der Waals surface area (Å²) < 4.78 is 7.62. The standard InChI is InChI=1S/C21H33ClN8O2/c1-4-30-17(13-27-5-6-29(12-16(23)31)15(11-27)14(2)3)24-18-19(25-21(22)26-20(18)30)28-7-9-32-10-8-28/h14-15H,4-13H2,1-3H3,(H2,23,31)/t15-/m1/s1. The third-order valence-electron chi connectivity index (χ3n) is 6.37. The summed E-state index contributed by atoms with van der Waals surface area (Å²) in [6.07, 6.45) is 0. The zero-order valence-corrected chi connectivity index (χ0v) is 19.9. The molecule has 2 aliphatic rings. The Balaban J connectivity index is 1.61. The Morgan fingerprint density at radius 1 is 1.19 bits per heavy atom. The molecule has 0 aliphatic carbocycles. The Bertz CT molecular complexity index is 959. The predicted molar refractivity (Wildman–Crippen MR) is 124 cm³/mol. The lowest BCUT2D eigenvalue weighted by atomic mass is 9.99. The number of ether oxygens (including phenoxy) is 1. The molecule has 10 nitrogen and oxygen atoms in total. The third-order valence-corrected chi connectivity index (χ3v) is 6.54. The van der Waals surface area contributed by atoms with Gasteiger partial charge in [0.25, 0.3) is 0 Å². The molecular weight excluding hydrogens is 432 g/mol. The second-order valence-electron chi connectivity index (χ2n) is 8.84. The van der Waals surface area contributed by atoms with Crippen LogP contribution in [0.5, 0.6) is 0 Å². The SMILES string of the molecule is CCn1c(CN2CCN(CC(N)=O)[C@@H](C(C)C)C2)nc2c(N3CCOCC3)nc(Cl)nc21. The van der Waals surface area contributed by atoms with Crippen molar-refractivity contribution in [2.45, 2.75) is 39.9 Å². The molecule has 2 saturated heterocycles. The highest BCUT2D eigenvalue weighted by molar-refractivity contribution is 6.28. The number of rotatable bonds is 7. The minimum absolute atomic E-state index is 0.236. The second kappa shape index (κ2) is 9.86. The van der Waals surface area contributed by atoms with Gasteiger partial charge in [0.2, 0.25) is 11.2 Å². The van der Waals surface area contributed by atoms with Gasteiger partial charge in [-0.25, -0.2) is 4.98 Å². The van der Waals surface area contributed by atoms with Gasteiger partial charge < -0.3 is 19.9 Å². The maximum Gasteiger partial charge on any atom is 0.231 e. The Hall–Kier alpha value is -2.01. The van der Waals surface area contributed by atoms with E-state index in [1.54, 1.807) is 0 Å². The van der Waals surface area contributed by atoms with Crippen molar-refractivity contribution in [3.63, 3.8) is 0 Å². The van der Waals surface area contributed by atoms with Gasteiger partial charge in [-0.3, -0.25) is 14.6 Å². The van der Waals surface area contributed by atoms with E-state index in [2.05, 4.69) is 50.0 Å². The lowest BCUT2D eigenvalue weighted by Crippen LogP contribution is -2.56. The number of piperazine rings is 1. The molecule has 32 heavy (non-hydrogen) atoms. The summed E-state index contributed by atoms with van der Waals surface area (Å²) in [5.41, 5.74) is 7.04. The van der Waals surface area contributed by atoms with E-state index >= 15 is 0 Å². The first-order chi connectivity index (χ1) is 15.4. The zero-order chi connectivity index (χ0) is 22.8. The van der Waals surface area contributed by atoms with Crippen LogP contribution < -0.4 is 10.6 Å². The van der Waals surface area contributed by atoms with Crippen LogP contribution in [0, 0.1) is 5.92 Å². The Labute approximate surface area is 193 Å². The van der Waals surface area contributed by atoms with Gasteiger partial charge in [0, 0.05) is 45.3 Å². The van der Waals surface area contributed by atoms with Crippen molar-refractivity contribution >= 4 is 34.5 Å². The first kappa shape index (κ1) is 23.2. The second-order valence-corrected chi connectivity index (χ2v) is 9.18. The topological polar surface area (TPSA) is 106 Å². The largest absolute Gasteiger partial charge is 0.378 e. The number of aromatic nitrogens is 4. The molecule has 2 fully saturated rings. The number of amides is 1. The molecule has 1 amide bonds. The summed E-state index contributed by atoms with van der Waals surface area (Å²) >= 11 is 6.31. The lowest BCUT2D eigenvalue weighted by molar-refractivity contribution is -0.120. The average molecular weight is 465 g/mol. The molecule has 4 heterocycles. The summed E-state index contributed by atoms with van der Waals surface area (Å²) in [6, 6.07) is 0.272. The van der Waals surface area contributed by atoms with E-state index in [1.165, 1.54) is 0 Å². The van der Waals surface area contributed by atoms with Crippen LogP contribution in [0.2, 0.25) is 5.28 Å². The Kier molecular flexibility index (Phi) is 7.14. The predicted octanol–water partition coefficient (Wildman–Crippen LogP) is 0.964. The molecule has 0 unspecified atom stereocenters. The quantitative estimate of drug-likeness (QED) is 0.604. The number of hydrogen-bond acceptors (Lipinski definition) is 8. The number of anilines is 1. The number of aryl methyl sites for hydroxylation is 1. The Morgan fingerprint density at radius 3 is 2.59 bits per heavy atom. The molecule has 2 aromatic rings. The number of nitrogens with two attached hydrogens (primary N) is 1. The summed E-state index contributed by atoms with van der Waals surface area (Å²) in [4.78, 5) is 32.3. The molecule has 0 saturated carbocycles. The van der Waals surface area contributed by atoms with Gasteiger partial charge >= 0.3 is 0 Å². The van der Waals surface area contributed by atoms with Crippen LogP contribution in [0.15, 0.2) is 0 Å². The number of morpholine rings is 1. The molecule has 2 N–H and O–H groups in total. The van der Waals surface area contributed by atoms with Crippen LogP contribution in [0.25, 0.3) is 11.2 Å². The Morgan fingerprint density at radius 2 is 1.94 bits per heavy atom. The highest BCUT2D eigenvalue weighted by atomic mass is 35.5. The molecule has 0 spiro atoms. The van der Waals surface area contributed by atoms with E-state index in [9.17, 15) is 4.79 Å². The van der Waals surface area contributed by atoms with E-state index in [0.717, 1.165) is 62.1 Å². The number of imidazole rings is 1. The number of carbonyl (C=O) groups excluding carboxylic acids is 1. The van der Waals surface area contributed by atoms with Crippen LogP contribution in [0.3, 0.4) is 0 Å². The molecule has 0 aromatic carbocycles. The van der Waals surface area contributed by atoms with E-state index in [0.29, 0.717) is 32.2 Å². The van der Waals surface area contributed by atoms with Gasteiger partial charge in [-0.1, -0.05) is 13.8 Å². The van der Waals surface area contributed by atoms with Crippen LogP contribution in [0.1, 0.15) is 26.6 Å². The van der Waals surface area contributed by atoms with Gasteiger partial charge in [0.1, 0.15) is 5.82 Å². The number of nitrogens with zero attached hydrogens (tertiary/aromatic N) is 7. The summed E-state index contributed by atoms with van der Waals surface area (Å²) in [5.74, 6) is 1.88. The molecule has 1 atom stereocenters. The summed E-state index contributed by atoms with van der Waals surface area (Å²) in [7, 11) is 0. The highest BCUT2D eigenvalue weighted by Gasteiger charge is 2.31. The van der Waals surface area contributed by atoms with E-state index in [4.69, 9.17) is 27.1 Å². The monoisotopic (exact) mass is 464 g/mol.